The molecular formula is C29H27Cl2F6N3O2. The van der Waals surface area contributed by atoms with Gasteiger partial charge in [0.2, 0.25) is 0 Å². The van der Waals surface area contributed by atoms with E-state index in [9.17, 15) is 36.2 Å². The molecular weight excluding hydrogens is 607 g/mol. The second kappa shape index (κ2) is 14.3. The lowest BCUT2D eigenvalue weighted by atomic mass is 9.96. The largest absolute Gasteiger partial charge is 0.508 e. The summed E-state index contributed by atoms with van der Waals surface area (Å²) in [6.07, 6.45) is -6.03. The van der Waals surface area contributed by atoms with Crippen molar-refractivity contribution in [3.05, 3.63) is 98.7 Å². The van der Waals surface area contributed by atoms with E-state index in [0.29, 0.717) is 28.7 Å². The maximum absolute atomic E-state index is 12.2. The number of hydrogen-bond acceptors (Lipinski definition) is 4. The van der Waals surface area contributed by atoms with Gasteiger partial charge in [-0.1, -0.05) is 29.3 Å². The molecule has 4 rings (SSSR count). The molecule has 0 radical (unpaired) electrons. The van der Waals surface area contributed by atoms with Gasteiger partial charge in [-0.2, -0.15) is 26.3 Å². The van der Waals surface area contributed by atoms with Gasteiger partial charge in [0.1, 0.15) is 12.0 Å². The quantitative estimate of drug-likeness (QED) is 0.0854. The highest BCUT2D eigenvalue weighted by Crippen LogP contribution is 2.36. The smallest absolute Gasteiger partial charge is 0.416 e. The summed E-state index contributed by atoms with van der Waals surface area (Å²) in [7, 11) is 0. The molecule has 1 atom stereocenters. The number of benzene rings is 3. The van der Waals surface area contributed by atoms with Crippen LogP contribution in [0.15, 0.2) is 60.8 Å². The van der Waals surface area contributed by atoms with Gasteiger partial charge < -0.3 is 21.1 Å². The Hall–Kier alpha value is -3.25. The molecule has 0 spiro atoms. The third-order valence-corrected chi connectivity index (χ3v) is 7.18. The number of alkyl halides is 6. The van der Waals surface area contributed by atoms with Crippen molar-refractivity contribution in [3.8, 4) is 5.75 Å². The average Bonchev–Trinajstić information content (AvgIpc) is 3.33. The number of hydrogen-bond donors (Lipinski definition) is 4. The first kappa shape index (κ1) is 33.3. The molecule has 4 aromatic rings. The number of halogens is 8. The molecule has 0 amide bonds. The maximum Gasteiger partial charge on any atom is 0.416 e. The van der Waals surface area contributed by atoms with Crippen LogP contribution in [-0.4, -0.2) is 36.0 Å². The first-order valence-corrected chi connectivity index (χ1v) is 13.4. The van der Waals surface area contributed by atoms with E-state index >= 15 is 0 Å². The number of nitrogens with two attached hydrogens (primary N) is 1. The summed E-state index contributed by atoms with van der Waals surface area (Å²) in [6.45, 7) is 2.34. The van der Waals surface area contributed by atoms with Gasteiger partial charge in [-0.15, -0.1) is 0 Å². The molecule has 0 saturated heterocycles. The summed E-state index contributed by atoms with van der Waals surface area (Å²) in [4.78, 5) is 13.4. The van der Waals surface area contributed by atoms with Crippen LogP contribution in [0.3, 0.4) is 0 Å². The van der Waals surface area contributed by atoms with Crippen molar-refractivity contribution in [3.63, 3.8) is 0 Å². The van der Waals surface area contributed by atoms with E-state index in [1.165, 1.54) is 5.56 Å². The summed E-state index contributed by atoms with van der Waals surface area (Å²) >= 11 is 12.1. The summed E-state index contributed by atoms with van der Waals surface area (Å²) in [5.41, 5.74) is 5.60. The van der Waals surface area contributed by atoms with Crippen molar-refractivity contribution in [2.45, 2.75) is 31.1 Å². The number of fused-ring (bicyclic) bond motifs is 1. The maximum atomic E-state index is 12.2. The fourth-order valence-electron chi connectivity index (χ4n) is 4.24. The third-order valence-electron chi connectivity index (χ3n) is 6.44. The van der Waals surface area contributed by atoms with Crippen molar-refractivity contribution in [1.82, 2.24) is 10.3 Å². The number of aromatic nitrogens is 1. The molecule has 0 saturated carbocycles. The zero-order valence-electron chi connectivity index (χ0n) is 21.9. The van der Waals surface area contributed by atoms with E-state index in [-0.39, 0.29) is 24.0 Å². The van der Waals surface area contributed by atoms with Crippen LogP contribution >= 0.6 is 23.2 Å². The Balaban J connectivity index is 0.000000260. The molecule has 1 aromatic heterocycles. The molecule has 0 aliphatic rings. The number of phenolic OH excluding ortho intramolecular Hbond substituents is 1. The molecule has 0 aliphatic carbocycles. The lowest BCUT2D eigenvalue weighted by molar-refractivity contribution is -0.143. The summed E-state index contributed by atoms with van der Waals surface area (Å²) in [5.74, 6) is 0.535. The monoisotopic (exact) mass is 633 g/mol. The van der Waals surface area contributed by atoms with Crippen LogP contribution in [0.1, 0.15) is 45.0 Å². The highest BCUT2D eigenvalue weighted by Gasteiger charge is 2.36. The van der Waals surface area contributed by atoms with Gasteiger partial charge in [0.15, 0.2) is 0 Å². The van der Waals surface area contributed by atoms with Gasteiger partial charge in [-0.05, 0) is 92.0 Å². The predicted octanol–water partition coefficient (Wildman–Crippen LogP) is 7.98. The molecule has 5 nitrogen and oxygen atoms in total. The number of H-pyrrole nitrogens is 1. The van der Waals surface area contributed by atoms with Crippen molar-refractivity contribution < 1.29 is 36.2 Å². The van der Waals surface area contributed by atoms with Crippen molar-refractivity contribution in [2.75, 3.05) is 19.6 Å². The molecule has 0 bridgehead atoms. The van der Waals surface area contributed by atoms with Gasteiger partial charge in [-0.3, -0.25) is 4.79 Å². The lowest BCUT2D eigenvalue weighted by Gasteiger charge is -2.16. The average molecular weight is 634 g/mol. The molecule has 0 aliphatic heterocycles. The normalized spacial score (nSPS) is 12.6. The first-order valence-electron chi connectivity index (χ1n) is 12.6. The number of aldehydes is 1. The molecule has 1 heterocycles. The summed E-state index contributed by atoms with van der Waals surface area (Å²) < 4.78 is 73.1. The third kappa shape index (κ3) is 9.12. The first-order chi connectivity index (χ1) is 19.7. The fourth-order valence-corrected chi connectivity index (χ4v) is 4.55. The zero-order chi connectivity index (χ0) is 31.1. The second-order valence-corrected chi connectivity index (χ2v) is 10.2. The molecule has 0 fully saturated rings. The number of rotatable bonds is 9. The summed E-state index contributed by atoms with van der Waals surface area (Å²) in [5, 5.41) is 15.3. The Bertz CT molecular complexity index is 1470. The molecule has 5 N–H and O–H groups in total. The van der Waals surface area contributed by atoms with E-state index in [1.807, 2.05) is 30.5 Å². The van der Waals surface area contributed by atoms with Gasteiger partial charge in [0, 0.05) is 28.7 Å². The van der Waals surface area contributed by atoms with Gasteiger partial charge in [0.25, 0.3) is 0 Å². The minimum absolute atomic E-state index is 0.0347. The van der Waals surface area contributed by atoms with Crippen LogP contribution in [0.4, 0.5) is 26.3 Å². The number of nitrogens with one attached hydrogen (secondary N) is 2. The van der Waals surface area contributed by atoms with Crippen LogP contribution in [0, 0.1) is 0 Å². The lowest BCUT2D eigenvalue weighted by Crippen LogP contribution is -2.23. The predicted molar refractivity (Wildman–Crippen MR) is 151 cm³/mol. The van der Waals surface area contributed by atoms with Gasteiger partial charge >= 0.3 is 12.4 Å². The summed E-state index contributed by atoms with van der Waals surface area (Å²) in [6, 6.07) is 11.8. The van der Waals surface area contributed by atoms with Crippen molar-refractivity contribution in [2.24, 2.45) is 5.73 Å². The topological polar surface area (TPSA) is 91.1 Å². The highest BCUT2D eigenvalue weighted by atomic mass is 35.5. The minimum atomic E-state index is -4.92. The van der Waals surface area contributed by atoms with E-state index in [0.717, 1.165) is 42.4 Å². The second-order valence-electron chi connectivity index (χ2n) is 9.40. The standard InChI is InChI=1S/C20H23Cl2N3O.C9H4F6O/c21-18-4-1-13(9-19(18)22)14(11-23)5-7-24-8-6-15-12-25-20-10-16(26)2-3-17(15)20;10-8(11,12)6-1-5(4-16)2-7(3-6)9(13,14)15/h1-4,9-10,12,14,24-26H,5-8,11,23H2;1-4H. The van der Waals surface area contributed by atoms with Crippen LogP contribution in [0.5, 0.6) is 5.75 Å². The van der Waals surface area contributed by atoms with Crippen LogP contribution in [0.2, 0.25) is 10.0 Å². The number of carbonyl (C=O) groups excluding carboxylic acids is 1. The van der Waals surface area contributed by atoms with Crippen LogP contribution in [-0.2, 0) is 18.8 Å². The van der Waals surface area contributed by atoms with Crippen molar-refractivity contribution >= 4 is 40.4 Å². The van der Waals surface area contributed by atoms with E-state index in [4.69, 9.17) is 28.9 Å². The van der Waals surface area contributed by atoms with Crippen LogP contribution < -0.4 is 11.1 Å². The Kier molecular flexibility index (Phi) is 11.3. The minimum Gasteiger partial charge on any atom is -0.508 e. The molecule has 3 aromatic carbocycles. The number of carbonyl (C=O) groups is 1. The van der Waals surface area contributed by atoms with E-state index in [2.05, 4.69) is 10.3 Å². The fraction of sp³-hybridized carbons (Fsp3) is 0.276. The molecule has 1 unspecified atom stereocenters. The molecule has 13 heteroatoms. The van der Waals surface area contributed by atoms with Gasteiger partial charge in [0.05, 0.1) is 21.2 Å². The Labute approximate surface area is 247 Å². The molecule has 226 valence electrons. The molecule has 42 heavy (non-hydrogen) atoms. The van der Waals surface area contributed by atoms with E-state index < -0.39 is 29.0 Å². The number of phenols is 1. The Morgan fingerprint density at radius 1 is 0.905 bits per heavy atom. The SMILES string of the molecule is NCC(CCNCCc1c[nH]c2cc(O)ccc12)c1ccc(Cl)c(Cl)c1.O=Cc1cc(C(F)(F)F)cc(C(F)(F)F)c1. The highest BCUT2D eigenvalue weighted by molar-refractivity contribution is 6.42. The van der Waals surface area contributed by atoms with E-state index in [1.54, 1.807) is 12.1 Å². The number of aromatic hydroxyl groups is 1. The number of aromatic amines is 1. The zero-order valence-corrected chi connectivity index (χ0v) is 23.4. The van der Waals surface area contributed by atoms with Crippen molar-refractivity contribution in [1.29, 1.82) is 0 Å². The Morgan fingerprint density at radius 3 is 2.14 bits per heavy atom. The van der Waals surface area contributed by atoms with Crippen LogP contribution in [0.25, 0.3) is 10.9 Å². The van der Waals surface area contributed by atoms with Gasteiger partial charge in [-0.25, -0.2) is 0 Å². The Morgan fingerprint density at radius 2 is 1.57 bits per heavy atom.